The lowest BCUT2D eigenvalue weighted by Gasteiger charge is -2.09. The van der Waals surface area contributed by atoms with E-state index < -0.39 is 0 Å². The van der Waals surface area contributed by atoms with Gasteiger partial charge in [-0.3, -0.25) is 4.68 Å². The standard InChI is InChI=1S/C17H23N3/c1-12-6-4-8-16(13(12)2)17-11-20(19-14(17)3)10-15-7-5-9-18-15/h4,6,8,11,15,18H,5,7,9-10H2,1-3H3. The van der Waals surface area contributed by atoms with Crippen molar-refractivity contribution in [1.29, 1.82) is 0 Å². The largest absolute Gasteiger partial charge is 0.312 e. The van der Waals surface area contributed by atoms with Crippen molar-refractivity contribution in [2.75, 3.05) is 6.54 Å². The van der Waals surface area contributed by atoms with Crippen LogP contribution in [-0.4, -0.2) is 22.4 Å². The summed E-state index contributed by atoms with van der Waals surface area (Å²) in [5, 5.41) is 8.23. The first kappa shape index (κ1) is 13.4. The lowest BCUT2D eigenvalue weighted by molar-refractivity contribution is 0.474. The maximum atomic E-state index is 4.70. The van der Waals surface area contributed by atoms with Crippen LogP contribution in [0.15, 0.2) is 24.4 Å². The third-order valence-electron chi connectivity index (χ3n) is 4.41. The summed E-state index contributed by atoms with van der Waals surface area (Å²) in [5.74, 6) is 0. The van der Waals surface area contributed by atoms with Crippen LogP contribution in [0.4, 0.5) is 0 Å². The fraction of sp³-hybridized carbons (Fsp3) is 0.471. The summed E-state index contributed by atoms with van der Waals surface area (Å²) in [6.45, 7) is 8.59. The van der Waals surface area contributed by atoms with Gasteiger partial charge in [0.1, 0.15) is 0 Å². The van der Waals surface area contributed by atoms with Crippen molar-refractivity contribution < 1.29 is 0 Å². The third-order valence-corrected chi connectivity index (χ3v) is 4.41. The highest BCUT2D eigenvalue weighted by atomic mass is 15.3. The van der Waals surface area contributed by atoms with Crippen molar-refractivity contribution in [3.8, 4) is 11.1 Å². The van der Waals surface area contributed by atoms with Crippen LogP contribution < -0.4 is 5.32 Å². The van der Waals surface area contributed by atoms with E-state index in [-0.39, 0.29) is 0 Å². The predicted octanol–water partition coefficient (Wildman–Crippen LogP) is 3.23. The highest BCUT2D eigenvalue weighted by Crippen LogP contribution is 2.27. The Kier molecular flexibility index (Phi) is 3.62. The topological polar surface area (TPSA) is 29.9 Å². The van der Waals surface area contributed by atoms with Gasteiger partial charge in [-0.2, -0.15) is 5.10 Å². The molecule has 1 aliphatic rings. The zero-order valence-corrected chi connectivity index (χ0v) is 12.6. The maximum absolute atomic E-state index is 4.70. The van der Waals surface area contributed by atoms with Gasteiger partial charge in [-0.15, -0.1) is 0 Å². The minimum absolute atomic E-state index is 0.584. The van der Waals surface area contributed by atoms with Crippen LogP contribution in [0.1, 0.15) is 29.7 Å². The summed E-state index contributed by atoms with van der Waals surface area (Å²) in [6.07, 6.45) is 4.75. The van der Waals surface area contributed by atoms with Crippen molar-refractivity contribution >= 4 is 0 Å². The quantitative estimate of drug-likeness (QED) is 0.927. The van der Waals surface area contributed by atoms with Gasteiger partial charge in [0.25, 0.3) is 0 Å². The van der Waals surface area contributed by atoms with E-state index in [4.69, 9.17) is 5.10 Å². The first-order valence-corrected chi connectivity index (χ1v) is 7.49. The number of benzene rings is 1. The Hall–Kier alpha value is -1.61. The molecule has 1 aromatic carbocycles. The number of hydrogen-bond donors (Lipinski definition) is 1. The average Bonchev–Trinajstić information content (AvgIpc) is 3.03. The summed E-state index contributed by atoms with van der Waals surface area (Å²) in [6, 6.07) is 7.08. The summed E-state index contributed by atoms with van der Waals surface area (Å²) in [4.78, 5) is 0. The summed E-state index contributed by atoms with van der Waals surface area (Å²) >= 11 is 0. The minimum atomic E-state index is 0.584. The van der Waals surface area contributed by atoms with Gasteiger partial charge in [-0.05, 0) is 56.8 Å². The molecule has 2 heterocycles. The van der Waals surface area contributed by atoms with Gasteiger partial charge in [0.05, 0.1) is 12.2 Å². The number of nitrogens with one attached hydrogen (secondary N) is 1. The first-order valence-electron chi connectivity index (χ1n) is 7.49. The van der Waals surface area contributed by atoms with Crippen LogP contribution >= 0.6 is 0 Å². The summed E-state index contributed by atoms with van der Waals surface area (Å²) in [7, 11) is 0. The molecule has 3 heteroatoms. The Balaban J connectivity index is 1.90. The molecular formula is C17H23N3. The monoisotopic (exact) mass is 269 g/mol. The molecule has 1 N–H and O–H groups in total. The Morgan fingerprint density at radius 2 is 2.10 bits per heavy atom. The maximum Gasteiger partial charge on any atom is 0.0672 e. The summed E-state index contributed by atoms with van der Waals surface area (Å²) in [5.41, 5.74) is 6.40. The van der Waals surface area contributed by atoms with Crippen molar-refractivity contribution in [2.45, 2.75) is 46.2 Å². The molecule has 2 aromatic rings. The van der Waals surface area contributed by atoms with E-state index in [0.29, 0.717) is 6.04 Å². The molecular weight excluding hydrogens is 246 g/mol. The van der Waals surface area contributed by atoms with Gasteiger partial charge in [-0.25, -0.2) is 0 Å². The fourth-order valence-corrected chi connectivity index (χ4v) is 3.06. The highest BCUT2D eigenvalue weighted by Gasteiger charge is 2.16. The van der Waals surface area contributed by atoms with E-state index in [1.165, 1.54) is 35.1 Å². The Morgan fingerprint density at radius 3 is 2.85 bits per heavy atom. The van der Waals surface area contributed by atoms with Crippen LogP contribution in [0.5, 0.6) is 0 Å². The van der Waals surface area contributed by atoms with Crippen LogP contribution in [0, 0.1) is 20.8 Å². The number of nitrogens with zero attached hydrogens (tertiary/aromatic N) is 2. The number of aryl methyl sites for hydroxylation is 2. The molecule has 0 bridgehead atoms. The van der Waals surface area contributed by atoms with E-state index in [1.807, 2.05) is 0 Å². The second kappa shape index (κ2) is 5.41. The second-order valence-corrected chi connectivity index (χ2v) is 5.89. The average molecular weight is 269 g/mol. The molecule has 0 aliphatic carbocycles. The molecule has 0 radical (unpaired) electrons. The van der Waals surface area contributed by atoms with Gasteiger partial charge in [0.15, 0.2) is 0 Å². The van der Waals surface area contributed by atoms with Crippen molar-refractivity contribution in [2.24, 2.45) is 0 Å². The van der Waals surface area contributed by atoms with Gasteiger partial charge in [-0.1, -0.05) is 18.2 Å². The van der Waals surface area contributed by atoms with Crippen LogP contribution in [0.3, 0.4) is 0 Å². The van der Waals surface area contributed by atoms with Crippen molar-refractivity contribution in [1.82, 2.24) is 15.1 Å². The fourth-order valence-electron chi connectivity index (χ4n) is 3.06. The molecule has 1 atom stereocenters. The third kappa shape index (κ3) is 2.50. The van der Waals surface area contributed by atoms with E-state index in [2.05, 4.69) is 55.2 Å². The smallest absolute Gasteiger partial charge is 0.0672 e. The second-order valence-electron chi connectivity index (χ2n) is 5.89. The summed E-state index contributed by atoms with van der Waals surface area (Å²) < 4.78 is 2.11. The molecule has 106 valence electrons. The molecule has 1 aromatic heterocycles. The molecule has 0 amide bonds. The van der Waals surface area contributed by atoms with Gasteiger partial charge >= 0.3 is 0 Å². The molecule has 3 nitrogen and oxygen atoms in total. The van der Waals surface area contributed by atoms with E-state index in [0.717, 1.165) is 18.8 Å². The highest BCUT2D eigenvalue weighted by molar-refractivity contribution is 5.69. The van der Waals surface area contributed by atoms with Crippen LogP contribution in [-0.2, 0) is 6.54 Å². The molecule has 20 heavy (non-hydrogen) atoms. The zero-order chi connectivity index (χ0) is 14.1. The number of aromatic nitrogens is 2. The van der Waals surface area contributed by atoms with Crippen LogP contribution in [0.2, 0.25) is 0 Å². The van der Waals surface area contributed by atoms with E-state index in [1.54, 1.807) is 0 Å². The lowest BCUT2D eigenvalue weighted by atomic mass is 9.98. The zero-order valence-electron chi connectivity index (χ0n) is 12.6. The van der Waals surface area contributed by atoms with Gasteiger partial charge < -0.3 is 5.32 Å². The predicted molar refractivity (Wildman–Crippen MR) is 82.9 cm³/mol. The molecule has 0 saturated carbocycles. The van der Waals surface area contributed by atoms with E-state index >= 15 is 0 Å². The molecule has 1 unspecified atom stereocenters. The lowest BCUT2D eigenvalue weighted by Crippen LogP contribution is -2.26. The van der Waals surface area contributed by atoms with E-state index in [9.17, 15) is 0 Å². The Morgan fingerprint density at radius 1 is 1.25 bits per heavy atom. The SMILES string of the molecule is Cc1cccc(-c2cn(CC3CCCN3)nc2C)c1C. The van der Waals surface area contributed by atoms with Gasteiger partial charge in [0.2, 0.25) is 0 Å². The molecule has 3 rings (SSSR count). The van der Waals surface area contributed by atoms with Crippen molar-refractivity contribution in [3.63, 3.8) is 0 Å². The van der Waals surface area contributed by atoms with Crippen molar-refractivity contribution in [3.05, 3.63) is 41.2 Å². The minimum Gasteiger partial charge on any atom is -0.312 e. The molecule has 1 aliphatic heterocycles. The van der Waals surface area contributed by atoms with Crippen LogP contribution in [0.25, 0.3) is 11.1 Å². The van der Waals surface area contributed by atoms with Gasteiger partial charge in [0, 0.05) is 17.8 Å². The number of hydrogen-bond acceptors (Lipinski definition) is 2. The Bertz CT molecular complexity index is 607. The molecule has 0 spiro atoms. The Labute approximate surface area is 121 Å². The number of rotatable bonds is 3. The normalized spacial score (nSPS) is 18.6. The molecule has 1 saturated heterocycles. The molecule has 1 fully saturated rings. The first-order chi connectivity index (χ1) is 9.65.